The van der Waals surface area contributed by atoms with Crippen molar-refractivity contribution < 1.29 is 27.2 Å². The molecule has 3 aromatic rings. The zero-order chi connectivity index (χ0) is 20.6. The zero-order valence-electron chi connectivity index (χ0n) is 16.2. The minimum absolute atomic E-state index is 0.0400. The van der Waals surface area contributed by atoms with Gasteiger partial charge in [0.15, 0.2) is 11.5 Å². The maximum Gasteiger partial charge on any atom is 0.244 e. The van der Waals surface area contributed by atoms with E-state index in [1.165, 1.54) is 7.11 Å². The van der Waals surface area contributed by atoms with Crippen molar-refractivity contribution in [2.45, 2.75) is 25.3 Å². The number of hydrogen-bond acceptors (Lipinski definition) is 7. The first-order valence-corrected chi connectivity index (χ1v) is 10.4. The smallest absolute Gasteiger partial charge is 0.244 e. The second kappa shape index (κ2) is 7.41. The lowest BCUT2D eigenvalue weighted by atomic mass is 10.0. The van der Waals surface area contributed by atoms with E-state index < -0.39 is 10.0 Å². The van der Waals surface area contributed by atoms with Gasteiger partial charge in [-0.3, -0.25) is 0 Å². The van der Waals surface area contributed by atoms with Crippen LogP contribution in [0.2, 0.25) is 0 Å². The third-order valence-electron chi connectivity index (χ3n) is 4.68. The normalized spacial score (nSPS) is 12.9. The molecule has 0 bridgehead atoms. The van der Waals surface area contributed by atoms with Gasteiger partial charge in [0.05, 0.1) is 12.8 Å². The van der Waals surface area contributed by atoms with E-state index in [2.05, 4.69) is 9.88 Å². The Morgan fingerprint density at radius 1 is 1.10 bits per heavy atom. The minimum atomic E-state index is -3.85. The van der Waals surface area contributed by atoms with Gasteiger partial charge in [-0.1, -0.05) is 17.3 Å². The number of nitrogens with zero attached hydrogens (tertiary/aromatic N) is 1. The zero-order valence-corrected chi connectivity index (χ0v) is 17.0. The molecule has 1 aliphatic heterocycles. The van der Waals surface area contributed by atoms with Gasteiger partial charge >= 0.3 is 0 Å². The van der Waals surface area contributed by atoms with Crippen molar-refractivity contribution in [3.05, 3.63) is 53.4 Å². The Morgan fingerprint density at radius 3 is 2.62 bits per heavy atom. The Balaban J connectivity index is 1.64. The average molecular weight is 416 g/mol. The number of ether oxygens (including phenoxy) is 3. The van der Waals surface area contributed by atoms with Gasteiger partial charge in [-0.05, 0) is 49.2 Å². The molecule has 0 atom stereocenters. The standard InChI is InChI=1S/C20H20N2O6S/c1-12-20(13(2)28-22-12)15-5-7-17(25-3)19(9-15)29(23,24)21-10-14-4-6-16-18(8-14)27-11-26-16/h4-9,21H,10-11H2,1-3H3. The monoisotopic (exact) mass is 416 g/mol. The van der Waals surface area contributed by atoms with Crippen LogP contribution in [0.3, 0.4) is 0 Å². The molecule has 8 nitrogen and oxygen atoms in total. The Kier molecular flexibility index (Phi) is 4.93. The highest BCUT2D eigenvalue weighted by molar-refractivity contribution is 7.89. The molecule has 1 aliphatic rings. The third kappa shape index (κ3) is 3.66. The number of benzene rings is 2. The molecule has 0 amide bonds. The van der Waals surface area contributed by atoms with Gasteiger partial charge < -0.3 is 18.7 Å². The molecule has 0 radical (unpaired) electrons. The molecule has 2 heterocycles. The molecular weight excluding hydrogens is 396 g/mol. The van der Waals surface area contributed by atoms with E-state index in [-0.39, 0.29) is 24.0 Å². The summed E-state index contributed by atoms with van der Waals surface area (Å²) in [6.45, 7) is 3.85. The number of hydrogen-bond donors (Lipinski definition) is 1. The molecule has 0 saturated carbocycles. The molecule has 2 aromatic carbocycles. The third-order valence-corrected chi connectivity index (χ3v) is 6.10. The van der Waals surface area contributed by atoms with E-state index in [0.29, 0.717) is 28.5 Å². The number of fused-ring (bicyclic) bond motifs is 1. The summed E-state index contributed by atoms with van der Waals surface area (Å²) in [6, 6.07) is 10.3. The van der Waals surface area contributed by atoms with Gasteiger partial charge in [0.2, 0.25) is 16.8 Å². The van der Waals surface area contributed by atoms with Crippen LogP contribution in [0, 0.1) is 13.8 Å². The van der Waals surface area contributed by atoms with E-state index in [0.717, 1.165) is 11.1 Å². The number of rotatable bonds is 6. The largest absolute Gasteiger partial charge is 0.495 e. The first-order chi connectivity index (χ1) is 13.9. The first kappa shape index (κ1) is 19.3. The highest BCUT2D eigenvalue weighted by Gasteiger charge is 2.23. The van der Waals surface area contributed by atoms with Gasteiger partial charge in [-0.2, -0.15) is 0 Å². The fourth-order valence-corrected chi connectivity index (χ4v) is 4.45. The molecule has 29 heavy (non-hydrogen) atoms. The number of methoxy groups -OCH3 is 1. The number of sulfonamides is 1. The number of nitrogens with one attached hydrogen (secondary N) is 1. The highest BCUT2D eigenvalue weighted by atomic mass is 32.2. The predicted molar refractivity (Wildman–Crippen MR) is 105 cm³/mol. The minimum Gasteiger partial charge on any atom is -0.495 e. The summed E-state index contributed by atoms with van der Waals surface area (Å²) in [5, 5.41) is 3.94. The Labute approximate surface area is 168 Å². The molecule has 1 aromatic heterocycles. The summed E-state index contributed by atoms with van der Waals surface area (Å²) in [5.41, 5.74) is 2.88. The van der Waals surface area contributed by atoms with Crippen LogP contribution in [-0.2, 0) is 16.6 Å². The van der Waals surface area contributed by atoms with Crippen LogP contribution in [0.4, 0.5) is 0 Å². The molecule has 1 N–H and O–H groups in total. The predicted octanol–water partition coefficient (Wildman–Crippen LogP) is 3.17. The molecule has 4 rings (SSSR count). The summed E-state index contributed by atoms with van der Waals surface area (Å²) < 4.78 is 49.8. The Bertz CT molecular complexity index is 1150. The topological polar surface area (TPSA) is 99.9 Å². The van der Waals surface area contributed by atoms with E-state index in [1.54, 1.807) is 43.3 Å². The molecule has 0 spiro atoms. The van der Waals surface area contributed by atoms with Gasteiger partial charge in [0, 0.05) is 12.1 Å². The second-order valence-electron chi connectivity index (χ2n) is 6.58. The Morgan fingerprint density at radius 2 is 1.90 bits per heavy atom. The molecule has 9 heteroatoms. The fourth-order valence-electron chi connectivity index (χ4n) is 3.24. The van der Waals surface area contributed by atoms with Crippen molar-refractivity contribution in [2.75, 3.05) is 13.9 Å². The van der Waals surface area contributed by atoms with Crippen molar-refractivity contribution in [3.63, 3.8) is 0 Å². The summed E-state index contributed by atoms with van der Waals surface area (Å²) in [4.78, 5) is 0.0400. The van der Waals surface area contributed by atoms with Crippen LogP contribution in [0.15, 0.2) is 45.8 Å². The lowest BCUT2D eigenvalue weighted by Gasteiger charge is -2.13. The maximum absolute atomic E-state index is 13.0. The van der Waals surface area contributed by atoms with Crippen molar-refractivity contribution in [1.82, 2.24) is 9.88 Å². The molecule has 152 valence electrons. The van der Waals surface area contributed by atoms with Crippen LogP contribution < -0.4 is 18.9 Å². The maximum atomic E-state index is 13.0. The van der Waals surface area contributed by atoms with E-state index >= 15 is 0 Å². The van der Waals surface area contributed by atoms with Gasteiger partial charge in [-0.15, -0.1) is 0 Å². The van der Waals surface area contributed by atoms with Crippen LogP contribution in [0.1, 0.15) is 17.0 Å². The molecule has 0 unspecified atom stereocenters. The van der Waals surface area contributed by atoms with Crippen LogP contribution in [0.25, 0.3) is 11.1 Å². The average Bonchev–Trinajstić information content (AvgIpc) is 3.31. The summed E-state index contributed by atoms with van der Waals surface area (Å²) in [5.74, 6) is 2.10. The lowest BCUT2D eigenvalue weighted by Crippen LogP contribution is -2.23. The van der Waals surface area contributed by atoms with E-state index in [9.17, 15) is 8.42 Å². The lowest BCUT2D eigenvalue weighted by molar-refractivity contribution is 0.174. The van der Waals surface area contributed by atoms with Crippen molar-refractivity contribution in [3.8, 4) is 28.4 Å². The molecule has 0 fully saturated rings. The summed E-state index contributed by atoms with van der Waals surface area (Å²) in [7, 11) is -2.42. The van der Waals surface area contributed by atoms with Crippen LogP contribution >= 0.6 is 0 Å². The van der Waals surface area contributed by atoms with Gasteiger partial charge in [-0.25, -0.2) is 13.1 Å². The quantitative estimate of drug-likeness (QED) is 0.659. The number of aromatic nitrogens is 1. The van der Waals surface area contributed by atoms with Crippen molar-refractivity contribution in [2.24, 2.45) is 0 Å². The summed E-state index contributed by atoms with van der Waals surface area (Å²) in [6.07, 6.45) is 0. The fraction of sp³-hybridized carbons (Fsp3) is 0.250. The SMILES string of the molecule is COc1ccc(-c2c(C)noc2C)cc1S(=O)(=O)NCc1ccc2c(c1)OCO2. The highest BCUT2D eigenvalue weighted by Crippen LogP contribution is 2.34. The van der Waals surface area contributed by atoms with Crippen molar-refractivity contribution >= 4 is 10.0 Å². The van der Waals surface area contributed by atoms with Gasteiger partial charge in [0.1, 0.15) is 16.4 Å². The van der Waals surface area contributed by atoms with Gasteiger partial charge in [0.25, 0.3) is 0 Å². The van der Waals surface area contributed by atoms with Crippen molar-refractivity contribution in [1.29, 1.82) is 0 Å². The van der Waals surface area contributed by atoms with E-state index in [1.807, 2.05) is 6.92 Å². The Hall–Kier alpha value is -3.04. The summed E-state index contributed by atoms with van der Waals surface area (Å²) >= 11 is 0. The van der Waals surface area contributed by atoms with Crippen LogP contribution in [0.5, 0.6) is 17.2 Å². The molecular formula is C20H20N2O6S. The van der Waals surface area contributed by atoms with E-state index in [4.69, 9.17) is 18.7 Å². The molecule has 0 saturated heterocycles. The number of aryl methyl sites for hydroxylation is 2. The first-order valence-electron chi connectivity index (χ1n) is 8.88. The second-order valence-corrected chi connectivity index (χ2v) is 8.31. The van der Waals surface area contributed by atoms with Crippen LogP contribution in [-0.4, -0.2) is 27.5 Å². The molecule has 0 aliphatic carbocycles.